The minimum atomic E-state index is -3.54. The van der Waals surface area contributed by atoms with Crippen molar-refractivity contribution in [3.05, 3.63) is 6.07 Å². The van der Waals surface area contributed by atoms with Crippen molar-refractivity contribution in [1.82, 2.24) is 9.97 Å². The summed E-state index contributed by atoms with van der Waals surface area (Å²) in [6.07, 6.45) is 1.05. The summed E-state index contributed by atoms with van der Waals surface area (Å²) in [4.78, 5) is 7.84. The molecule has 1 aromatic heterocycles. The van der Waals surface area contributed by atoms with Crippen molar-refractivity contribution < 1.29 is 17.9 Å². The van der Waals surface area contributed by atoms with Gasteiger partial charge in [0.2, 0.25) is 21.6 Å². The average Bonchev–Trinajstić information content (AvgIpc) is 2.09. The number of ether oxygens (including phenoxy) is 2. The molecule has 1 rings (SSSR count). The molecule has 0 unspecified atom stereocenters. The van der Waals surface area contributed by atoms with Gasteiger partial charge in [-0.3, -0.25) is 0 Å². The summed E-state index contributed by atoms with van der Waals surface area (Å²) in [6, 6.07) is 1.49. The number of hydrogen-bond acceptors (Lipinski definition) is 6. The highest BCUT2D eigenvalue weighted by Crippen LogP contribution is 2.24. The van der Waals surface area contributed by atoms with E-state index in [0.29, 0.717) is 0 Å². The topological polar surface area (TPSA) is 78.4 Å². The first-order chi connectivity index (χ1) is 8.76. The lowest BCUT2D eigenvalue weighted by Crippen LogP contribution is -2.26. The van der Waals surface area contributed by atoms with Crippen LogP contribution in [0.4, 0.5) is 0 Å². The Bertz CT molecular complexity index is 549. The molecule has 0 spiro atoms. The Hall–Kier alpha value is -1.37. The molecule has 1 aromatic rings. The van der Waals surface area contributed by atoms with Crippen LogP contribution in [0.2, 0.25) is 0 Å². The molecule has 0 aliphatic carbocycles. The van der Waals surface area contributed by atoms with E-state index in [9.17, 15) is 8.42 Å². The molecule has 0 fully saturated rings. The number of nitrogens with zero attached hydrogens (tertiary/aromatic N) is 2. The van der Waals surface area contributed by atoms with Crippen LogP contribution in [0.25, 0.3) is 0 Å². The maximum atomic E-state index is 11.6. The van der Waals surface area contributed by atoms with Crippen molar-refractivity contribution in [2.75, 3.05) is 6.26 Å². The minimum absolute atomic E-state index is 0.173. The normalized spacial score (nSPS) is 13.2. The monoisotopic (exact) mass is 302 g/mol. The van der Waals surface area contributed by atoms with Crippen molar-refractivity contribution in [3.8, 4) is 11.8 Å². The quantitative estimate of drug-likeness (QED) is 0.797. The second-order valence-corrected chi connectivity index (χ2v) is 8.44. The van der Waals surface area contributed by atoms with Gasteiger partial charge in [0, 0.05) is 6.26 Å². The molecule has 0 aliphatic rings. The zero-order valence-corrected chi connectivity index (χ0v) is 13.8. The molecule has 114 valence electrons. The third-order valence-electron chi connectivity index (χ3n) is 1.81. The van der Waals surface area contributed by atoms with Crippen LogP contribution < -0.4 is 9.47 Å². The summed E-state index contributed by atoms with van der Waals surface area (Å²) in [6.45, 7) is 11.1. The van der Waals surface area contributed by atoms with Crippen LogP contribution in [0.15, 0.2) is 11.2 Å². The van der Waals surface area contributed by atoms with E-state index in [-0.39, 0.29) is 16.9 Å². The Morgan fingerprint density at radius 2 is 1.25 bits per heavy atom. The Morgan fingerprint density at radius 1 is 0.900 bits per heavy atom. The predicted octanol–water partition coefficient (Wildman–Crippen LogP) is 2.23. The number of aromatic nitrogens is 2. The van der Waals surface area contributed by atoms with Gasteiger partial charge >= 0.3 is 0 Å². The van der Waals surface area contributed by atoms with Crippen LogP contribution in [0.3, 0.4) is 0 Å². The summed E-state index contributed by atoms with van der Waals surface area (Å²) >= 11 is 0. The van der Waals surface area contributed by atoms with Crippen LogP contribution in [0.5, 0.6) is 11.8 Å². The molecule has 20 heavy (non-hydrogen) atoms. The van der Waals surface area contributed by atoms with Crippen LogP contribution in [0, 0.1) is 0 Å². The van der Waals surface area contributed by atoms with E-state index in [0.717, 1.165) is 6.26 Å². The molecule has 1 heterocycles. The van der Waals surface area contributed by atoms with Gasteiger partial charge in [-0.15, -0.1) is 0 Å². The van der Waals surface area contributed by atoms with Crippen LogP contribution >= 0.6 is 0 Å². The molecular formula is C13H22N2O4S. The second-order valence-electron chi connectivity index (χ2n) is 6.53. The zero-order chi connectivity index (χ0) is 15.8. The fourth-order valence-corrected chi connectivity index (χ4v) is 1.79. The summed E-state index contributed by atoms with van der Waals surface area (Å²) < 4.78 is 34.5. The van der Waals surface area contributed by atoms with Gasteiger partial charge in [0.1, 0.15) is 11.2 Å². The maximum absolute atomic E-state index is 11.6. The molecule has 0 radical (unpaired) electrons. The van der Waals surface area contributed by atoms with Gasteiger partial charge in [0.05, 0.1) is 6.07 Å². The number of rotatable bonds is 3. The summed E-state index contributed by atoms with van der Waals surface area (Å²) in [7, 11) is -3.54. The minimum Gasteiger partial charge on any atom is -0.472 e. The average molecular weight is 302 g/mol. The SMILES string of the molecule is CC(C)(C)Oc1cc(OC(C)(C)C)nc(S(C)(=O)=O)n1. The van der Waals surface area contributed by atoms with Crippen molar-refractivity contribution in [2.45, 2.75) is 57.9 Å². The van der Waals surface area contributed by atoms with Crippen LogP contribution in [0.1, 0.15) is 41.5 Å². The lowest BCUT2D eigenvalue weighted by atomic mass is 10.2. The highest BCUT2D eigenvalue weighted by atomic mass is 32.2. The molecule has 0 bridgehead atoms. The van der Waals surface area contributed by atoms with E-state index < -0.39 is 21.0 Å². The number of hydrogen-bond donors (Lipinski definition) is 0. The third-order valence-corrected chi connectivity index (χ3v) is 2.66. The molecular weight excluding hydrogens is 280 g/mol. The molecule has 0 atom stereocenters. The van der Waals surface area contributed by atoms with Gasteiger partial charge in [-0.05, 0) is 41.5 Å². The first-order valence-corrected chi connectivity index (χ1v) is 8.13. The summed E-state index contributed by atoms with van der Waals surface area (Å²) in [5.74, 6) is 0.347. The van der Waals surface area contributed by atoms with E-state index in [1.807, 2.05) is 41.5 Å². The van der Waals surface area contributed by atoms with Gasteiger partial charge in [0.15, 0.2) is 0 Å². The van der Waals surface area contributed by atoms with Crippen LogP contribution in [-0.4, -0.2) is 35.8 Å². The first-order valence-electron chi connectivity index (χ1n) is 6.23. The van der Waals surface area contributed by atoms with E-state index >= 15 is 0 Å². The first kappa shape index (κ1) is 16.7. The molecule has 7 heteroatoms. The van der Waals surface area contributed by atoms with Gasteiger partial charge < -0.3 is 9.47 Å². The van der Waals surface area contributed by atoms with Crippen molar-refractivity contribution in [3.63, 3.8) is 0 Å². The standard InChI is InChI=1S/C13H22N2O4S/c1-12(2,3)18-9-8-10(19-13(4,5)6)15-11(14-9)20(7,16)17/h8H,1-7H3. The van der Waals surface area contributed by atoms with Gasteiger partial charge in [-0.25, -0.2) is 8.42 Å². The summed E-state index contributed by atoms with van der Waals surface area (Å²) in [5.41, 5.74) is -0.996. The van der Waals surface area contributed by atoms with E-state index in [2.05, 4.69) is 9.97 Å². The highest BCUT2D eigenvalue weighted by Gasteiger charge is 2.21. The molecule has 6 nitrogen and oxygen atoms in total. The molecule has 0 saturated carbocycles. The van der Waals surface area contributed by atoms with Gasteiger partial charge in [-0.1, -0.05) is 0 Å². The largest absolute Gasteiger partial charge is 0.472 e. The molecule has 0 N–H and O–H groups in total. The van der Waals surface area contributed by atoms with Crippen molar-refractivity contribution in [1.29, 1.82) is 0 Å². The Balaban J connectivity index is 3.29. The third kappa shape index (κ3) is 5.73. The number of sulfone groups is 1. The second kappa shape index (κ2) is 5.20. The lowest BCUT2D eigenvalue weighted by molar-refractivity contribution is 0.110. The molecule has 0 aromatic carbocycles. The molecule has 0 saturated heterocycles. The molecule has 0 aliphatic heterocycles. The Morgan fingerprint density at radius 3 is 1.50 bits per heavy atom. The fraction of sp³-hybridized carbons (Fsp3) is 0.692. The van der Waals surface area contributed by atoms with E-state index in [1.165, 1.54) is 6.07 Å². The Kier molecular flexibility index (Phi) is 4.34. The van der Waals surface area contributed by atoms with Crippen molar-refractivity contribution in [2.24, 2.45) is 0 Å². The van der Waals surface area contributed by atoms with Crippen LogP contribution in [-0.2, 0) is 9.84 Å². The molecule has 0 amide bonds. The fourth-order valence-electron chi connectivity index (χ4n) is 1.28. The highest BCUT2D eigenvalue weighted by molar-refractivity contribution is 7.90. The zero-order valence-electron chi connectivity index (χ0n) is 13.0. The van der Waals surface area contributed by atoms with Gasteiger partial charge in [-0.2, -0.15) is 9.97 Å². The lowest BCUT2D eigenvalue weighted by Gasteiger charge is -2.23. The van der Waals surface area contributed by atoms with E-state index in [1.54, 1.807) is 0 Å². The van der Waals surface area contributed by atoms with E-state index in [4.69, 9.17) is 9.47 Å². The smallest absolute Gasteiger partial charge is 0.253 e. The van der Waals surface area contributed by atoms with Gasteiger partial charge in [0.25, 0.3) is 5.16 Å². The predicted molar refractivity (Wildman–Crippen MR) is 75.9 cm³/mol. The summed E-state index contributed by atoms with van der Waals surface area (Å²) in [5, 5.41) is -0.307. The maximum Gasteiger partial charge on any atom is 0.253 e. The van der Waals surface area contributed by atoms with Crippen molar-refractivity contribution >= 4 is 9.84 Å². The Labute approximate surface area is 120 Å².